The normalized spacial score (nSPS) is 16.9. The molecule has 0 aromatic heterocycles. The van der Waals surface area contributed by atoms with Crippen LogP contribution in [-0.2, 0) is 9.59 Å². The summed E-state index contributed by atoms with van der Waals surface area (Å²) in [6.07, 6.45) is 4.38. The Bertz CT molecular complexity index is 754. The lowest BCUT2D eigenvalue weighted by Gasteiger charge is -2.23. The summed E-state index contributed by atoms with van der Waals surface area (Å²) in [5.41, 5.74) is 12.1. The molecule has 0 saturated carbocycles. The van der Waals surface area contributed by atoms with E-state index in [1.165, 1.54) is 19.3 Å². The Kier molecular flexibility index (Phi) is 8.01. The summed E-state index contributed by atoms with van der Waals surface area (Å²) >= 11 is 4.10. The summed E-state index contributed by atoms with van der Waals surface area (Å²) in [6, 6.07) is 3.23. The molecule has 154 valence electrons. The maximum Gasteiger partial charge on any atom is 0.254 e. The minimum Gasteiger partial charge on any atom is -0.504 e. The molecular formula is C19H28N4O4S. The molecule has 1 aliphatic heterocycles. The number of hydrogen-bond acceptors (Lipinski definition) is 7. The summed E-state index contributed by atoms with van der Waals surface area (Å²) < 4.78 is 5.21. The fourth-order valence-electron chi connectivity index (χ4n) is 3.17. The predicted octanol–water partition coefficient (Wildman–Crippen LogP) is 0.981. The number of carbonyl (C=O) groups is 2. The van der Waals surface area contributed by atoms with E-state index in [9.17, 15) is 14.7 Å². The predicted molar refractivity (Wildman–Crippen MR) is 112 cm³/mol. The second-order valence-corrected chi connectivity index (χ2v) is 7.20. The molecule has 1 aliphatic rings. The molecule has 6 N–H and O–H groups in total. The lowest BCUT2D eigenvalue weighted by molar-refractivity contribution is -0.121. The van der Waals surface area contributed by atoms with Crippen molar-refractivity contribution in [1.29, 1.82) is 0 Å². The van der Waals surface area contributed by atoms with Gasteiger partial charge in [-0.3, -0.25) is 9.59 Å². The Labute approximate surface area is 170 Å². The van der Waals surface area contributed by atoms with E-state index in [4.69, 9.17) is 16.2 Å². The Morgan fingerprint density at radius 2 is 2.18 bits per heavy atom. The number of nitrogens with one attached hydrogen (secondary N) is 1. The summed E-state index contributed by atoms with van der Waals surface area (Å²) in [5, 5.41) is 13.2. The Balaban J connectivity index is 2.16. The van der Waals surface area contributed by atoms with Crippen LogP contribution < -0.4 is 26.4 Å². The number of unbranched alkanes of at least 4 members (excludes halogenated alkanes) is 1. The van der Waals surface area contributed by atoms with Crippen molar-refractivity contribution in [2.24, 2.45) is 11.5 Å². The molecule has 2 rings (SSSR count). The Morgan fingerprint density at radius 3 is 2.82 bits per heavy atom. The lowest BCUT2D eigenvalue weighted by Crippen LogP contribution is -2.37. The first-order chi connectivity index (χ1) is 13.3. The van der Waals surface area contributed by atoms with E-state index >= 15 is 0 Å². The average Bonchev–Trinajstić information content (AvgIpc) is 3.10. The highest BCUT2D eigenvalue weighted by Gasteiger charge is 2.26. The molecule has 0 radical (unpaired) electrons. The van der Waals surface area contributed by atoms with Crippen LogP contribution in [0.25, 0.3) is 6.08 Å². The van der Waals surface area contributed by atoms with Gasteiger partial charge in [-0.2, -0.15) is 0 Å². The summed E-state index contributed by atoms with van der Waals surface area (Å²) in [6.45, 7) is 1.90. The van der Waals surface area contributed by atoms with Gasteiger partial charge in [-0.25, -0.2) is 0 Å². The number of amides is 2. The van der Waals surface area contributed by atoms with Gasteiger partial charge in [0, 0.05) is 42.9 Å². The molecule has 1 aromatic rings. The number of rotatable bonds is 9. The minimum absolute atomic E-state index is 0.0219. The van der Waals surface area contributed by atoms with Crippen LogP contribution in [0.4, 0.5) is 5.69 Å². The SMILES string of the molecule is COc1cc(N2CCC(NC(=O)CCCCN)C2)c(/C=C(\S)C(N)=O)cc1O. The van der Waals surface area contributed by atoms with Crippen molar-refractivity contribution in [3.8, 4) is 11.5 Å². The number of phenolic OH excluding ortho intramolecular Hbond substituents is 1. The molecular weight excluding hydrogens is 380 g/mol. The van der Waals surface area contributed by atoms with Gasteiger partial charge in [0.05, 0.1) is 12.0 Å². The zero-order valence-electron chi connectivity index (χ0n) is 16.0. The molecule has 1 saturated heterocycles. The molecule has 1 heterocycles. The maximum atomic E-state index is 12.1. The maximum absolute atomic E-state index is 12.1. The number of benzene rings is 1. The number of nitrogens with two attached hydrogens (primary N) is 2. The van der Waals surface area contributed by atoms with Crippen molar-refractivity contribution in [1.82, 2.24) is 5.32 Å². The first-order valence-electron chi connectivity index (χ1n) is 9.21. The number of primary amides is 1. The number of anilines is 1. The molecule has 2 amide bonds. The molecule has 28 heavy (non-hydrogen) atoms. The van der Waals surface area contributed by atoms with Crippen molar-refractivity contribution < 1.29 is 19.4 Å². The highest BCUT2D eigenvalue weighted by Crippen LogP contribution is 2.37. The number of methoxy groups -OCH3 is 1. The minimum atomic E-state index is -0.659. The van der Waals surface area contributed by atoms with Crippen molar-refractivity contribution >= 4 is 36.2 Å². The van der Waals surface area contributed by atoms with E-state index in [-0.39, 0.29) is 22.6 Å². The second-order valence-electron chi connectivity index (χ2n) is 6.72. The van der Waals surface area contributed by atoms with Crippen LogP contribution in [0.5, 0.6) is 11.5 Å². The number of nitrogens with zero attached hydrogens (tertiary/aromatic N) is 1. The van der Waals surface area contributed by atoms with Crippen LogP contribution in [0.1, 0.15) is 31.2 Å². The highest BCUT2D eigenvalue weighted by atomic mass is 32.1. The topological polar surface area (TPSA) is 131 Å². The molecule has 9 heteroatoms. The van der Waals surface area contributed by atoms with Crippen LogP contribution >= 0.6 is 12.6 Å². The fraction of sp³-hybridized carbons (Fsp3) is 0.474. The van der Waals surface area contributed by atoms with Crippen LogP contribution in [0.3, 0.4) is 0 Å². The zero-order valence-corrected chi connectivity index (χ0v) is 16.9. The van der Waals surface area contributed by atoms with Crippen molar-refractivity contribution in [3.05, 3.63) is 22.6 Å². The molecule has 1 unspecified atom stereocenters. The van der Waals surface area contributed by atoms with Gasteiger partial charge in [0.1, 0.15) is 0 Å². The molecule has 1 fully saturated rings. The van der Waals surface area contributed by atoms with Gasteiger partial charge in [0.25, 0.3) is 5.91 Å². The number of thiol groups is 1. The van der Waals surface area contributed by atoms with E-state index in [2.05, 4.69) is 22.8 Å². The van der Waals surface area contributed by atoms with Gasteiger partial charge in [-0.15, -0.1) is 12.6 Å². The van der Waals surface area contributed by atoms with E-state index < -0.39 is 5.91 Å². The number of ether oxygens (including phenoxy) is 1. The third-order valence-corrected chi connectivity index (χ3v) is 4.97. The van der Waals surface area contributed by atoms with Crippen molar-refractivity contribution in [2.75, 3.05) is 31.6 Å². The Hall–Kier alpha value is -2.39. The average molecular weight is 409 g/mol. The number of carbonyl (C=O) groups excluding carboxylic acids is 2. The molecule has 8 nitrogen and oxygen atoms in total. The van der Waals surface area contributed by atoms with Crippen LogP contribution in [-0.4, -0.2) is 49.7 Å². The summed E-state index contributed by atoms with van der Waals surface area (Å²) in [5.74, 6) is -0.364. The van der Waals surface area contributed by atoms with Gasteiger partial charge in [0.2, 0.25) is 5.91 Å². The third kappa shape index (κ3) is 5.80. The first-order valence-corrected chi connectivity index (χ1v) is 9.66. The second kappa shape index (κ2) is 10.2. The van der Waals surface area contributed by atoms with Gasteiger partial charge in [0.15, 0.2) is 11.5 Å². The molecule has 0 aliphatic carbocycles. The summed E-state index contributed by atoms with van der Waals surface area (Å²) in [7, 11) is 1.47. The molecule has 0 bridgehead atoms. The van der Waals surface area contributed by atoms with E-state index in [1.807, 2.05) is 0 Å². The standard InChI is InChI=1S/C19H28N4O4S/c1-27-16-10-14(12(8-15(16)24)9-17(28)19(21)26)23-7-5-13(11-23)22-18(25)4-2-3-6-20/h8-10,13,24,28H,2-7,11,20H2,1H3,(H2,21,26)(H,22,25)/b17-9-. The largest absolute Gasteiger partial charge is 0.504 e. The quantitative estimate of drug-likeness (QED) is 0.235. The molecule has 0 spiro atoms. The van der Waals surface area contributed by atoms with Gasteiger partial charge in [-0.05, 0) is 37.9 Å². The highest BCUT2D eigenvalue weighted by molar-refractivity contribution is 7.85. The zero-order chi connectivity index (χ0) is 20.7. The van der Waals surface area contributed by atoms with Crippen LogP contribution in [0.2, 0.25) is 0 Å². The summed E-state index contributed by atoms with van der Waals surface area (Å²) in [4.78, 5) is 25.6. The van der Waals surface area contributed by atoms with E-state index in [0.717, 1.165) is 24.9 Å². The first kappa shape index (κ1) is 21.9. The number of phenols is 1. The lowest BCUT2D eigenvalue weighted by atomic mass is 10.1. The van der Waals surface area contributed by atoms with Crippen LogP contribution in [0.15, 0.2) is 17.0 Å². The fourth-order valence-corrected chi connectivity index (χ4v) is 3.31. The monoisotopic (exact) mass is 408 g/mol. The van der Waals surface area contributed by atoms with E-state index in [1.54, 1.807) is 6.07 Å². The van der Waals surface area contributed by atoms with Crippen LogP contribution in [0, 0.1) is 0 Å². The number of aromatic hydroxyl groups is 1. The van der Waals surface area contributed by atoms with Gasteiger partial charge >= 0.3 is 0 Å². The Morgan fingerprint density at radius 1 is 1.43 bits per heavy atom. The number of hydrogen-bond donors (Lipinski definition) is 5. The van der Waals surface area contributed by atoms with Gasteiger partial charge in [-0.1, -0.05) is 0 Å². The molecule has 1 aromatic carbocycles. The molecule has 1 atom stereocenters. The van der Waals surface area contributed by atoms with E-state index in [0.29, 0.717) is 37.4 Å². The van der Waals surface area contributed by atoms with Gasteiger partial charge < -0.3 is 31.5 Å². The van der Waals surface area contributed by atoms with Crippen molar-refractivity contribution in [2.45, 2.75) is 31.7 Å². The smallest absolute Gasteiger partial charge is 0.254 e. The van der Waals surface area contributed by atoms with Crippen molar-refractivity contribution in [3.63, 3.8) is 0 Å². The third-order valence-electron chi connectivity index (χ3n) is 4.62.